The van der Waals surface area contributed by atoms with Crippen LogP contribution in [0, 0.1) is 5.92 Å². The number of aliphatic hydroxyl groups excluding tert-OH is 2. The molecule has 0 aliphatic carbocycles. The van der Waals surface area contributed by atoms with Crippen LogP contribution in [0.1, 0.15) is 0 Å². The number of amides is 2. The molecule has 1 unspecified atom stereocenters. The fourth-order valence-corrected chi connectivity index (χ4v) is 2.58. The maximum absolute atomic E-state index is 11.8. The van der Waals surface area contributed by atoms with Gasteiger partial charge in [-0.05, 0) is 6.08 Å². The largest absolute Gasteiger partial charge is 0.469 e. The lowest BCUT2D eigenvalue weighted by Crippen LogP contribution is -2.49. The molecule has 0 aromatic heterocycles. The number of nitrogens with two attached hydrogens (primary N) is 1. The van der Waals surface area contributed by atoms with Gasteiger partial charge >= 0.3 is 7.82 Å². The Labute approximate surface area is 123 Å². The predicted molar refractivity (Wildman–Crippen MR) is 67.6 cm³/mol. The molecule has 0 spiro atoms. The van der Waals surface area contributed by atoms with Crippen molar-refractivity contribution in [2.75, 3.05) is 6.61 Å². The first-order valence-electron chi connectivity index (χ1n) is 6.14. The van der Waals surface area contributed by atoms with Gasteiger partial charge in [-0.2, -0.15) is 0 Å². The van der Waals surface area contributed by atoms with E-state index < -0.39 is 56.6 Å². The monoisotopic (exact) mass is 338 g/mol. The summed E-state index contributed by atoms with van der Waals surface area (Å²) in [6, 6.07) is 0. The predicted octanol–water partition coefficient (Wildman–Crippen LogP) is -3.30. The summed E-state index contributed by atoms with van der Waals surface area (Å²) < 4.78 is 20.1. The normalized spacial score (nSPS) is 36.2. The maximum atomic E-state index is 11.8. The molecule has 0 aromatic rings. The Morgan fingerprint density at radius 1 is 1.32 bits per heavy atom. The van der Waals surface area contributed by atoms with Crippen molar-refractivity contribution in [3.8, 4) is 0 Å². The van der Waals surface area contributed by atoms with Gasteiger partial charge in [-0.15, -0.1) is 0 Å². The van der Waals surface area contributed by atoms with Gasteiger partial charge in [0.25, 0.3) is 5.91 Å². The molecule has 0 bridgehead atoms. The number of hydrogen-bond donors (Lipinski definition) is 6. The van der Waals surface area contributed by atoms with Crippen LogP contribution in [0.15, 0.2) is 11.8 Å². The van der Waals surface area contributed by atoms with Crippen molar-refractivity contribution >= 4 is 19.6 Å². The summed E-state index contributed by atoms with van der Waals surface area (Å²) in [5.41, 5.74) is 5.15. The van der Waals surface area contributed by atoms with Crippen molar-refractivity contribution in [1.29, 1.82) is 0 Å². The molecular weight excluding hydrogens is 323 g/mol. The molecule has 2 aliphatic rings. The fraction of sp³-hybridized carbons (Fsp3) is 0.600. The van der Waals surface area contributed by atoms with E-state index in [4.69, 9.17) is 20.3 Å². The van der Waals surface area contributed by atoms with Gasteiger partial charge in [0.15, 0.2) is 0 Å². The number of imide groups is 1. The molecule has 1 fully saturated rings. The first-order chi connectivity index (χ1) is 10.1. The number of phosphoric acid groups is 1. The zero-order chi connectivity index (χ0) is 16.7. The number of carbonyl (C=O) groups excluding carboxylic acids is 2. The Kier molecular flexibility index (Phi) is 4.68. The van der Waals surface area contributed by atoms with E-state index in [0.29, 0.717) is 0 Å². The zero-order valence-corrected chi connectivity index (χ0v) is 11.9. The van der Waals surface area contributed by atoms with Crippen molar-refractivity contribution < 1.29 is 43.4 Å². The minimum Gasteiger partial charge on any atom is -0.395 e. The van der Waals surface area contributed by atoms with Crippen LogP contribution in [0.3, 0.4) is 0 Å². The number of phosphoric ester groups is 1. The Balaban J connectivity index is 2.11. The Hall–Kier alpha value is -1.33. The molecule has 1 saturated heterocycles. The maximum Gasteiger partial charge on any atom is 0.469 e. The molecule has 12 heteroatoms. The van der Waals surface area contributed by atoms with Crippen molar-refractivity contribution in [3.63, 3.8) is 0 Å². The third kappa shape index (κ3) is 3.52. The standard InChI is InChI=1S/C10H15N2O9P/c11-4-1-3(9(15)12-10(4)16)8-7(14)6(13)5(21-8)2-20-22(17,18)19/h1,3,5-8,13-14H,2,11H2,(H,12,15,16)(H2,17,18,19)/t3?,5-,6-,7-,8+/m1/s1. The minimum atomic E-state index is -4.78. The van der Waals surface area contributed by atoms with E-state index in [1.807, 2.05) is 5.32 Å². The third-order valence-corrected chi connectivity index (χ3v) is 3.81. The lowest BCUT2D eigenvalue weighted by atomic mass is 9.92. The van der Waals surface area contributed by atoms with E-state index in [-0.39, 0.29) is 5.70 Å². The summed E-state index contributed by atoms with van der Waals surface area (Å²) in [4.78, 5) is 40.2. The highest BCUT2D eigenvalue weighted by Crippen LogP contribution is 2.38. The van der Waals surface area contributed by atoms with Crippen molar-refractivity contribution in [2.45, 2.75) is 24.4 Å². The molecule has 0 radical (unpaired) electrons. The van der Waals surface area contributed by atoms with E-state index in [1.54, 1.807) is 0 Å². The van der Waals surface area contributed by atoms with Crippen LogP contribution in [-0.4, -0.2) is 62.8 Å². The first kappa shape index (κ1) is 17.0. The highest BCUT2D eigenvalue weighted by atomic mass is 31.2. The Morgan fingerprint density at radius 2 is 1.95 bits per heavy atom. The first-order valence-corrected chi connectivity index (χ1v) is 7.67. The molecule has 2 aliphatic heterocycles. The summed E-state index contributed by atoms with van der Waals surface area (Å²) >= 11 is 0. The van der Waals surface area contributed by atoms with Gasteiger partial charge in [-0.3, -0.25) is 19.4 Å². The second-order valence-corrected chi connectivity index (χ2v) is 6.11. The summed E-state index contributed by atoms with van der Waals surface area (Å²) in [5, 5.41) is 21.7. The van der Waals surface area contributed by atoms with Crippen LogP contribution < -0.4 is 11.1 Å². The van der Waals surface area contributed by atoms with Crippen LogP contribution in [0.5, 0.6) is 0 Å². The zero-order valence-electron chi connectivity index (χ0n) is 11.0. The van der Waals surface area contributed by atoms with Gasteiger partial charge in [0.05, 0.1) is 18.2 Å². The average molecular weight is 338 g/mol. The molecule has 5 atom stereocenters. The summed E-state index contributed by atoms with van der Waals surface area (Å²) in [6.07, 6.45) is -4.47. The summed E-state index contributed by atoms with van der Waals surface area (Å²) in [6.45, 7) is -0.689. The van der Waals surface area contributed by atoms with Crippen molar-refractivity contribution in [2.24, 2.45) is 11.7 Å². The lowest BCUT2D eigenvalue weighted by Gasteiger charge is -2.25. The van der Waals surface area contributed by atoms with E-state index in [0.717, 1.165) is 6.08 Å². The highest BCUT2D eigenvalue weighted by Gasteiger charge is 2.49. The van der Waals surface area contributed by atoms with E-state index >= 15 is 0 Å². The van der Waals surface area contributed by atoms with Crippen LogP contribution in [0.2, 0.25) is 0 Å². The summed E-state index contributed by atoms with van der Waals surface area (Å²) in [5.74, 6) is -2.69. The topological polar surface area (TPSA) is 189 Å². The Morgan fingerprint density at radius 3 is 2.55 bits per heavy atom. The van der Waals surface area contributed by atoms with E-state index in [9.17, 15) is 24.4 Å². The second kappa shape index (κ2) is 6.05. The molecule has 11 nitrogen and oxygen atoms in total. The van der Waals surface area contributed by atoms with Gasteiger partial charge in [-0.1, -0.05) is 0 Å². The molecule has 0 saturated carbocycles. The fourth-order valence-electron chi connectivity index (χ4n) is 2.24. The molecule has 124 valence electrons. The van der Waals surface area contributed by atoms with Crippen molar-refractivity contribution in [1.82, 2.24) is 5.32 Å². The van der Waals surface area contributed by atoms with E-state index in [2.05, 4.69) is 4.52 Å². The van der Waals surface area contributed by atoms with Gasteiger partial charge in [0, 0.05) is 0 Å². The Bertz CT molecular complexity index is 559. The molecule has 0 aromatic carbocycles. The third-order valence-electron chi connectivity index (χ3n) is 3.32. The van der Waals surface area contributed by atoms with Gasteiger partial charge in [-0.25, -0.2) is 4.57 Å². The van der Waals surface area contributed by atoms with Gasteiger partial charge in [0.2, 0.25) is 5.91 Å². The number of nitrogens with one attached hydrogen (secondary N) is 1. The number of hydrogen-bond acceptors (Lipinski definition) is 8. The molecular formula is C10H15N2O9P. The molecule has 22 heavy (non-hydrogen) atoms. The average Bonchev–Trinajstić information content (AvgIpc) is 2.68. The van der Waals surface area contributed by atoms with E-state index in [1.165, 1.54) is 0 Å². The SMILES string of the molecule is NC1=CC([C@@H]2O[C@H](COP(=O)(O)O)[C@@H](O)[C@H]2O)C(=O)NC1=O. The summed E-state index contributed by atoms with van der Waals surface area (Å²) in [7, 11) is -4.78. The molecule has 2 amide bonds. The second-order valence-electron chi connectivity index (χ2n) is 4.87. The highest BCUT2D eigenvalue weighted by molar-refractivity contribution is 7.46. The number of carbonyl (C=O) groups is 2. The number of ether oxygens (including phenoxy) is 1. The van der Waals surface area contributed by atoms with Crippen molar-refractivity contribution in [3.05, 3.63) is 11.8 Å². The minimum absolute atomic E-state index is 0.246. The number of rotatable bonds is 4. The molecule has 2 heterocycles. The lowest BCUT2D eigenvalue weighted by molar-refractivity contribution is -0.136. The van der Waals surface area contributed by atoms with Crippen LogP contribution in [0.4, 0.5) is 0 Å². The quantitative estimate of drug-likeness (QED) is 0.224. The van der Waals surface area contributed by atoms with Crippen LogP contribution >= 0.6 is 7.82 Å². The molecule has 7 N–H and O–H groups in total. The number of aliphatic hydroxyl groups is 2. The van der Waals surface area contributed by atoms with Crippen LogP contribution in [-0.2, 0) is 23.4 Å². The van der Waals surface area contributed by atoms with Gasteiger partial charge in [0.1, 0.15) is 24.4 Å². The van der Waals surface area contributed by atoms with Crippen LogP contribution in [0.25, 0.3) is 0 Å². The molecule has 2 rings (SSSR count). The van der Waals surface area contributed by atoms with Gasteiger partial charge < -0.3 is 30.5 Å². The smallest absolute Gasteiger partial charge is 0.395 e.